The van der Waals surface area contributed by atoms with E-state index >= 15 is 0 Å². The van der Waals surface area contributed by atoms with Gasteiger partial charge in [0.25, 0.3) is 5.91 Å². The Morgan fingerprint density at radius 1 is 1.03 bits per heavy atom. The Hall–Kier alpha value is -3.85. The number of amides is 4. The zero-order valence-electron chi connectivity index (χ0n) is 19.1. The summed E-state index contributed by atoms with van der Waals surface area (Å²) in [5, 5.41) is 4.70. The average Bonchev–Trinajstić information content (AvgIpc) is 3.41. The molecular weight excluding hydrogens is 454 g/mol. The molecule has 1 fully saturated rings. The smallest absolute Gasteiger partial charge is 0.332 e. The fraction of sp³-hybridized carbons (Fsp3) is 0.240. The maximum absolute atomic E-state index is 13.4. The highest BCUT2D eigenvalue weighted by atomic mass is 32.1. The molecule has 0 bridgehead atoms. The van der Waals surface area contributed by atoms with E-state index in [1.54, 1.807) is 36.4 Å². The van der Waals surface area contributed by atoms with Gasteiger partial charge in [0.1, 0.15) is 17.5 Å². The topological polar surface area (TPSA) is 88.2 Å². The second-order valence-corrected chi connectivity index (χ2v) is 8.90. The van der Waals surface area contributed by atoms with E-state index in [-0.39, 0.29) is 13.0 Å². The number of anilines is 2. The van der Waals surface area contributed by atoms with Gasteiger partial charge in [0.2, 0.25) is 5.91 Å². The van der Waals surface area contributed by atoms with Crippen LogP contribution in [0.5, 0.6) is 11.5 Å². The lowest BCUT2D eigenvalue weighted by molar-refractivity contribution is -0.124. The van der Waals surface area contributed by atoms with Gasteiger partial charge in [0.15, 0.2) is 0 Å². The lowest BCUT2D eigenvalue weighted by Gasteiger charge is -2.21. The van der Waals surface area contributed by atoms with Crippen LogP contribution in [0, 0.1) is 6.92 Å². The Morgan fingerprint density at radius 3 is 2.38 bits per heavy atom. The van der Waals surface area contributed by atoms with Crippen molar-refractivity contribution >= 4 is 40.6 Å². The maximum atomic E-state index is 13.4. The third-order valence-electron chi connectivity index (χ3n) is 5.50. The van der Waals surface area contributed by atoms with Crippen LogP contribution < -0.4 is 19.7 Å². The molecule has 0 saturated carbocycles. The molecule has 1 aliphatic rings. The highest BCUT2D eigenvalue weighted by Crippen LogP contribution is 2.30. The first-order valence-electron chi connectivity index (χ1n) is 10.7. The minimum atomic E-state index is -0.928. The van der Waals surface area contributed by atoms with Gasteiger partial charge in [0, 0.05) is 28.8 Å². The van der Waals surface area contributed by atoms with Gasteiger partial charge in [-0.15, -0.1) is 11.3 Å². The van der Waals surface area contributed by atoms with E-state index in [2.05, 4.69) is 5.32 Å². The third-order valence-corrected chi connectivity index (χ3v) is 6.36. The average molecular weight is 480 g/mol. The zero-order chi connectivity index (χ0) is 24.2. The van der Waals surface area contributed by atoms with Crippen LogP contribution >= 0.6 is 11.3 Å². The fourth-order valence-electron chi connectivity index (χ4n) is 3.86. The first kappa shape index (κ1) is 23.3. The number of hydrogen-bond donors (Lipinski definition) is 1. The number of rotatable bonds is 8. The Morgan fingerprint density at radius 2 is 1.76 bits per heavy atom. The first-order chi connectivity index (χ1) is 16.4. The summed E-state index contributed by atoms with van der Waals surface area (Å²) in [5.74, 6) is 0.215. The monoisotopic (exact) mass is 479 g/mol. The predicted molar refractivity (Wildman–Crippen MR) is 131 cm³/mol. The summed E-state index contributed by atoms with van der Waals surface area (Å²) in [6, 6.07) is 14.6. The quantitative estimate of drug-likeness (QED) is 0.483. The van der Waals surface area contributed by atoms with Crippen LogP contribution in [0.3, 0.4) is 0 Å². The van der Waals surface area contributed by atoms with E-state index in [1.165, 1.54) is 30.5 Å². The van der Waals surface area contributed by atoms with Crippen LogP contribution in [0.25, 0.3) is 0 Å². The number of hydrogen-bond acceptors (Lipinski definition) is 6. The lowest BCUT2D eigenvalue weighted by Crippen LogP contribution is -2.37. The SMILES string of the molecule is COc1cc(NC(=O)C[C@H]2C(=O)N(c3cccc(C)c3)C(=O)N2Cc2cccs2)cc(OC)c1. The molecule has 3 aromatic rings. The number of aryl methyl sites for hydroxylation is 1. The maximum Gasteiger partial charge on any atom is 0.332 e. The van der Waals surface area contributed by atoms with Gasteiger partial charge in [-0.25, -0.2) is 9.69 Å². The van der Waals surface area contributed by atoms with Crippen molar-refractivity contribution in [1.82, 2.24) is 4.90 Å². The van der Waals surface area contributed by atoms with Crippen molar-refractivity contribution in [3.8, 4) is 11.5 Å². The molecule has 0 radical (unpaired) electrons. The van der Waals surface area contributed by atoms with Crippen LogP contribution in [0.1, 0.15) is 16.9 Å². The van der Waals surface area contributed by atoms with E-state index in [0.717, 1.165) is 15.3 Å². The summed E-state index contributed by atoms with van der Waals surface area (Å²) < 4.78 is 10.5. The van der Waals surface area contributed by atoms with Crippen LogP contribution in [-0.4, -0.2) is 43.0 Å². The molecule has 2 aromatic carbocycles. The number of nitrogens with zero attached hydrogens (tertiary/aromatic N) is 2. The fourth-order valence-corrected chi connectivity index (χ4v) is 4.56. The van der Waals surface area contributed by atoms with Gasteiger partial charge in [-0.2, -0.15) is 0 Å². The number of methoxy groups -OCH3 is 2. The molecule has 176 valence electrons. The molecule has 1 N–H and O–H groups in total. The van der Waals surface area contributed by atoms with Gasteiger partial charge < -0.3 is 19.7 Å². The highest BCUT2D eigenvalue weighted by Gasteiger charge is 2.46. The molecule has 0 spiro atoms. The predicted octanol–water partition coefficient (Wildman–Crippen LogP) is 4.44. The number of ether oxygens (including phenoxy) is 2. The van der Waals surface area contributed by atoms with Crippen molar-refractivity contribution in [2.75, 3.05) is 24.4 Å². The van der Waals surface area contributed by atoms with Crippen molar-refractivity contribution in [2.45, 2.75) is 25.9 Å². The molecule has 34 heavy (non-hydrogen) atoms. The number of carbonyl (C=O) groups is 3. The van der Waals surface area contributed by atoms with E-state index in [1.807, 2.05) is 30.5 Å². The number of thiophene rings is 1. The largest absolute Gasteiger partial charge is 0.497 e. The molecule has 1 aromatic heterocycles. The van der Waals surface area contributed by atoms with Gasteiger partial charge in [-0.1, -0.05) is 18.2 Å². The van der Waals surface area contributed by atoms with Crippen molar-refractivity contribution in [3.63, 3.8) is 0 Å². The van der Waals surface area contributed by atoms with Gasteiger partial charge in [0.05, 0.1) is 32.9 Å². The molecule has 0 aliphatic carbocycles. The minimum absolute atomic E-state index is 0.183. The zero-order valence-corrected chi connectivity index (χ0v) is 19.9. The number of imide groups is 1. The highest BCUT2D eigenvalue weighted by molar-refractivity contribution is 7.09. The molecule has 1 atom stereocenters. The van der Waals surface area contributed by atoms with E-state index in [0.29, 0.717) is 22.9 Å². The summed E-state index contributed by atoms with van der Waals surface area (Å²) in [6.07, 6.45) is -0.183. The Kier molecular flexibility index (Phi) is 6.83. The molecule has 8 nitrogen and oxygen atoms in total. The van der Waals surface area contributed by atoms with Gasteiger partial charge in [-0.05, 0) is 36.1 Å². The van der Waals surface area contributed by atoms with Crippen molar-refractivity contribution in [1.29, 1.82) is 0 Å². The molecular formula is C25H25N3O5S. The van der Waals surface area contributed by atoms with Crippen LogP contribution in [0.2, 0.25) is 0 Å². The second-order valence-electron chi connectivity index (χ2n) is 7.87. The molecule has 1 saturated heterocycles. The van der Waals surface area contributed by atoms with E-state index < -0.39 is 23.9 Å². The van der Waals surface area contributed by atoms with Crippen molar-refractivity contribution < 1.29 is 23.9 Å². The Bertz CT molecular complexity index is 1190. The Labute approximate surface area is 201 Å². The molecule has 0 unspecified atom stereocenters. The van der Waals surface area contributed by atoms with E-state index in [9.17, 15) is 14.4 Å². The number of carbonyl (C=O) groups excluding carboxylic acids is 3. The molecule has 9 heteroatoms. The van der Waals surface area contributed by atoms with Crippen LogP contribution in [0.15, 0.2) is 60.0 Å². The van der Waals surface area contributed by atoms with E-state index in [4.69, 9.17) is 9.47 Å². The van der Waals surface area contributed by atoms with Crippen LogP contribution in [-0.2, 0) is 16.1 Å². The normalized spacial score (nSPS) is 15.6. The molecule has 2 heterocycles. The molecule has 1 aliphatic heterocycles. The number of nitrogens with one attached hydrogen (secondary N) is 1. The lowest BCUT2D eigenvalue weighted by atomic mass is 10.1. The summed E-state index contributed by atoms with van der Waals surface area (Å²) in [6.45, 7) is 2.14. The summed E-state index contributed by atoms with van der Waals surface area (Å²) in [4.78, 5) is 43.3. The minimum Gasteiger partial charge on any atom is -0.497 e. The van der Waals surface area contributed by atoms with Crippen molar-refractivity contribution in [3.05, 3.63) is 70.4 Å². The van der Waals surface area contributed by atoms with Crippen molar-refractivity contribution in [2.24, 2.45) is 0 Å². The molecule has 4 rings (SSSR count). The van der Waals surface area contributed by atoms with Gasteiger partial charge >= 0.3 is 6.03 Å². The summed E-state index contributed by atoms with van der Waals surface area (Å²) >= 11 is 1.49. The third kappa shape index (κ3) is 4.89. The summed E-state index contributed by atoms with van der Waals surface area (Å²) in [7, 11) is 3.04. The number of benzene rings is 2. The van der Waals surface area contributed by atoms with Crippen LogP contribution in [0.4, 0.5) is 16.2 Å². The Balaban J connectivity index is 1.59. The van der Waals surface area contributed by atoms with Gasteiger partial charge in [-0.3, -0.25) is 9.59 Å². The number of urea groups is 1. The standard InChI is InChI=1S/C25H25N3O5S/c1-16-6-4-7-18(10-16)28-24(30)22(27(25(28)31)15-21-8-5-9-34-21)14-23(29)26-17-11-19(32-2)13-20(12-17)33-3/h4-13,22H,14-15H2,1-3H3,(H,26,29)/t22-/m0/s1. The molecule has 4 amide bonds. The second kappa shape index (κ2) is 9.96. The summed E-state index contributed by atoms with van der Waals surface area (Å²) in [5.41, 5.74) is 1.89. The first-order valence-corrected chi connectivity index (χ1v) is 11.5.